The first-order valence-corrected chi connectivity index (χ1v) is 25.1. The first-order valence-electron chi connectivity index (χ1n) is 23.9. The Balaban J connectivity index is 0.997. The van der Waals surface area contributed by atoms with Crippen molar-refractivity contribution in [2.75, 3.05) is 0 Å². The molecule has 0 saturated heterocycles. The molecule has 2 aliphatic rings. The summed E-state index contributed by atoms with van der Waals surface area (Å²) in [6.45, 7) is 6.77. The van der Waals surface area contributed by atoms with E-state index in [-0.39, 0.29) is 5.41 Å². The second-order valence-corrected chi connectivity index (χ2v) is 20.5. The zero-order valence-corrected chi connectivity index (χ0v) is 40.5. The van der Waals surface area contributed by atoms with Crippen molar-refractivity contribution in [2.45, 2.75) is 83.5 Å². The fourth-order valence-corrected chi connectivity index (χ4v) is 12.0. The number of para-hydroxylation sites is 2. The Morgan fingerprint density at radius 2 is 1.34 bits per heavy atom. The number of hydrogen-bond donors (Lipinski definition) is 0. The Hall–Kier alpha value is -6.55. The molecule has 0 N–H and O–H groups in total. The second kappa shape index (κ2) is 17.0. The molecule has 0 atom stereocenters. The summed E-state index contributed by atoms with van der Waals surface area (Å²) >= 11 is 2.53. The number of imidazole rings is 1. The first-order chi connectivity index (χ1) is 32.8. The summed E-state index contributed by atoms with van der Waals surface area (Å²) in [6, 6.07) is 62.5. The Labute approximate surface area is 403 Å². The summed E-state index contributed by atoms with van der Waals surface area (Å²) in [4.78, 5) is 4.98. The van der Waals surface area contributed by atoms with Crippen LogP contribution in [0.5, 0.6) is 11.5 Å². The van der Waals surface area contributed by atoms with Crippen LogP contribution in [0.1, 0.15) is 87.5 Å². The van der Waals surface area contributed by atoms with Crippen LogP contribution in [0.2, 0.25) is 0 Å². The van der Waals surface area contributed by atoms with Gasteiger partial charge < -0.3 is 0 Å². The molecule has 67 heavy (non-hydrogen) atoms. The number of nitrogens with zero attached hydrogens (tertiary/aromatic N) is 4. The quantitative estimate of drug-likeness (QED) is 0.142. The van der Waals surface area contributed by atoms with Gasteiger partial charge in [0.25, 0.3) is 0 Å². The molecule has 0 bridgehead atoms. The molecule has 3 heterocycles. The Morgan fingerprint density at radius 1 is 0.612 bits per heavy atom. The van der Waals surface area contributed by atoms with Crippen LogP contribution < -0.4 is 4.74 Å². The van der Waals surface area contributed by atoms with Crippen LogP contribution in [0.4, 0.5) is 0 Å². The molecule has 334 valence electrons. The summed E-state index contributed by atoms with van der Waals surface area (Å²) in [5.41, 5.74) is 17.0. The molecule has 10 aromatic rings. The standard InChI is InChI=1S/C61H52N4O.Pt/c1-61(2,3)46-33-34-62-58(37-46)65-54-32-29-44(41-17-7-4-8-18-41)35-53(54)51-31-30-49(39-57(51)65)66-48-25-16-24-47(38-48)63-40-64(56-28-14-13-27-55(56)63)60-52(42-19-9-5-10-20-42)36-45-23-15-26-50(45)59(60)43-21-11-6-12-22-43;/h5-6,9-14,16,19-22,24-25,27-37,41H,4,7-8,15,17-18,23,26H2,1-3H3;/q-2;. The van der Waals surface area contributed by atoms with Crippen molar-refractivity contribution < 1.29 is 24.1 Å². The van der Waals surface area contributed by atoms with Crippen molar-refractivity contribution in [3.63, 3.8) is 0 Å². The Bertz CT molecular complexity index is 3570. The van der Waals surface area contributed by atoms with Crippen molar-refractivity contribution in [2.24, 2.45) is 0 Å². The number of hydrogen-bond acceptors (Lipinski definition) is 2. The molecule has 1 fully saturated rings. The molecular formula is C61H52N4OPt-2. The van der Waals surface area contributed by atoms with Gasteiger partial charge in [-0.15, -0.1) is 0 Å². The van der Waals surface area contributed by atoms with E-state index in [0.29, 0.717) is 17.4 Å². The third-order valence-electron chi connectivity index (χ3n) is 14.3. The van der Waals surface area contributed by atoms with Gasteiger partial charge in [-0.1, -0.05) is 46.1 Å². The van der Waals surface area contributed by atoms with E-state index in [1.165, 1.54) is 87.7 Å². The van der Waals surface area contributed by atoms with E-state index in [9.17, 15) is 0 Å². The van der Waals surface area contributed by atoms with E-state index in [4.69, 9.17) is 9.72 Å². The van der Waals surface area contributed by atoms with Crippen molar-refractivity contribution in [1.82, 2.24) is 18.7 Å². The minimum absolute atomic E-state index is 0.0267. The molecular weight excluding hydrogens is 1000 g/mol. The molecule has 0 radical (unpaired) electrons. The normalized spacial score (nSPS) is 14.3. The molecule has 0 aliphatic heterocycles. The van der Waals surface area contributed by atoms with Crippen LogP contribution in [0.3, 0.4) is 0 Å². The molecule has 0 amide bonds. The fraction of sp³-hybridized carbons (Fsp3) is 0.213. The summed E-state index contributed by atoms with van der Waals surface area (Å²) in [6.07, 6.45) is 11.7. The monoisotopic (exact) mass is 1050 g/mol. The van der Waals surface area contributed by atoms with Crippen molar-refractivity contribution in [3.05, 3.63) is 196 Å². The van der Waals surface area contributed by atoms with Crippen molar-refractivity contribution in [1.29, 1.82) is 0 Å². The molecule has 5 nitrogen and oxygen atoms in total. The van der Waals surface area contributed by atoms with Gasteiger partial charge in [0.15, 0.2) is 0 Å². The predicted molar refractivity (Wildman–Crippen MR) is 270 cm³/mol. The van der Waals surface area contributed by atoms with Gasteiger partial charge in [0.1, 0.15) is 0 Å². The van der Waals surface area contributed by atoms with Crippen molar-refractivity contribution >= 4 is 32.8 Å². The van der Waals surface area contributed by atoms with Crippen LogP contribution >= 0.6 is 0 Å². The number of pyridine rings is 1. The van der Waals surface area contributed by atoms with Gasteiger partial charge in [0, 0.05) is 6.20 Å². The SMILES string of the molecule is CC(C)(C)c1ccnc(-n2c3[c-]c(Oc4[c-]c(-n5[c](=[Pt])n(-c6c(-c7ccccc7)cc7c(c6-c6ccccc6)CCC7)c6ccccc65)ccc4)ccc3c3cc(C4CCCCC4)ccc32)c1. The first kappa shape index (κ1) is 41.8. The van der Waals surface area contributed by atoms with Gasteiger partial charge in [0.2, 0.25) is 0 Å². The van der Waals surface area contributed by atoms with Crippen LogP contribution in [-0.2, 0) is 37.6 Å². The van der Waals surface area contributed by atoms with E-state index >= 15 is 0 Å². The number of benzene rings is 7. The number of ether oxygens (including phenoxy) is 1. The summed E-state index contributed by atoms with van der Waals surface area (Å²) in [7, 11) is 0. The molecule has 2 aliphatic carbocycles. The average molecular weight is 1050 g/mol. The van der Waals surface area contributed by atoms with Crippen LogP contribution in [0.15, 0.2) is 158 Å². The van der Waals surface area contributed by atoms with Crippen LogP contribution in [-0.4, -0.2) is 18.7 Å². The third kappa shape index (κ3) is 7.43. The topological polar surface area (TPSA) is 36.9 Å². The number of aromatic nitrogens is 4. The van der Waals surface area contributed by atoms with Crippen LogP contribution in [0, 0.1) is 15.9 Å². The second-order valence-electron chi connectivity index (χ2n) is 19.5. The van der Waals surface area contributed by atoms with Gasteiger partial charge in [-0.2, -0.15) is 0 Å². The van der Waals surface area contributed by atoms with Gasteiger partial charge >= 0.3 is 312 Å². The summed E-state index contributed by atoms with van der Waals surface area (Å²) in [5.74, 6) is 2.74. The fourth-order valence-electron chi connectivity index (χ4n) is 11.0. The van der Waals surface area contributed by atoms with E-state index in [2.05, 4.69) is 212 Å². The maximum atomic E-state index is 6.81. The van der Waals surface area contributed by atoms with E-state index in [1.54, 1.807) is 0 Å². The van der Waals surface area contributed by atoms with E-state index in [0.717, 1.165) is 62.0 Å². The average Bonchev–Trinajstić information content (AvgIpc) is 4.05. The molecule has 0 spiro atoms. The van der Waals surface area contributed by atoms with Crippen molar-refractivity contribution in [3.8, 4) is 50.9 Å². The molecule has 6 heteroatoms. The zero-order chi connectivity index (χ0) is 45.2. The third-order valence-corrected chi connectivity index (χ3v) is 15.3. The van der Waals surface area contributed by atoms with Crippen LogP contribution in [0.25, 0.3) is 72.3 Å². The zero-order valence-electron chi connectivity index (χ0n) is 38.3. The van der Waals surface area contributed by atoms with Gasteiger partial charge in [-0.05, 0) is 41.4 Å². The predicted octanol–water partition coefficient (Wildman–Crippen LogP) is 15.6. The minimum atomic E-state index is -0.0267. The molecule has 12 rings (SSSR count). The summed E-state index contributed by atoms with van der Waals surface area (Å²) < 4.78 is 14.9. The maximum absolute atomic E-state index is 6.81. The Kier molecular flexibility index (Phi) is 10.6. The molecule has 3 aromatic heterocycles. The molecule has 7 aromatic carbocycles. The van der Waals surface area contributed by atoms with Gasteiger partial charge in [-0.3, -0.25) is 0 Å². The number of rotatable bonds is 8. The number of fused-ring (bicyclic) bond motifs is 5. The molecule has 0 unspecified atom stereocenters. The van der Waals surface area contributed by atoms with Gasteiger partial charge in [-0.25, -0.2) is 0 Å². The number of aryl methyl sites for hydroxylation is 1. The van der Waals surface area contributed by atoms with E-state index in [1.807, 2.05) is 12.3 Å². The van der Waals surface area contributed by atoms with E-state index < -0.39 is 0 Å². The van der Waals surface area contributed by atoms with Gasteiger partial charge in [0.05, 0.1) is 0 Å². The molecule has 1 saturated carbocycles. The summed E-state index contributed by atoms with van der Waals surface area (Å²) in [5, 5.41) is 2.38. The Morgan fingerprint density at radius 3 is 2.12 bits per heavy atom.